The average Bonchev–Trinajstić information content (AvgIpc) is 2.36. The number of benzene rings is 1. The number of nitrogens with one attached hydrogen (secondary N) is 1. The Morgan fingerprint density at radius 2 is 1.94 bits per heavy atom. The largest absolute Gasteiger partial charge is 0.388 e. The summed E-state index contributed by atoms with van der Waals surface area (Å²) in [6.07, 6.45) is 1.19. The van der Waals surface area contributed by atoms with E-state index in [0.717, 1.165) is 12.0 Å². The van der Waals surface area contributed by atoms with Gasteiger partial charge in [-0.25, -0.2) is 0 Å². The summed E-state index contributed by atoms with van der Waals surface area (Å²) in [7, 11) is 0. The van der Waals surface area contributed by atoms with E-state index in [1.54, 1.807) is 0 Å². The molecule has 2 unspecified atom stereocenters. The van der Waals surface area contributed by atoms with Gasteiger partial charge in [0.05, 0.1) is 6.10 Å². The van der Waals surface area contributed by atoms with E-state index in [9.17, 15) is 9.90 Å². The van der Waals surface area contributed by atoms with Crippen molar-refractivity contribution in [2.75, 3.05) is 0 Å². The van der Waals surface area contributed by atoms with Crippen LogP contribution in [0, 0.1) is 6.92 Å². The van der Waals surface area contributed by atoms with Gasteiger partial charge in [-0.1, -0.05) is 36.8 Å². The van der Waals surface area contributed by atoms with Crippen molar-refractivity contribution >= 4 is 5.91 Å². The van der Waals surface area contributed by atoms with E-state index in [2.05, 4.69) is 5.32 Å². The van der Waals surface area contributed by atoms with Gasteiger partial charge in [-0.3, -0.25) is 4.79 Å². The molecule has 0 saturated carbocycles. The second-order valence-electron chi connectivity index (χ2n) is 4.84. The Kier molecular flexibility index (Phi) is 5.86. The fourth-order valence-corrected chi connectivity index (χ4v) is 1.67. The zero-order valence-corrected chi connectivity index (χ0v) is 11.4. The summed E-state index contributed by atoms with van der Waals surface area (Å²) in [6.45, 7) is 6.02. The van der Waals surface area contributed by atoms with Gasteiger partial charge in [0, 0.05) is 12.5 Å². The van der Waals surface area contributed by atoms with Crippen molar-refractivity contribution < 1.29 is 9.90 Å². The Bertz CT molecular complexity index is 373. The molecular weight excluding hydrogens is 226 g/mol. The number of aliphatic hydroxyl groups is 1. The van der Waals surface area contributed by atoms with Gasteiger partial charge >= 0.3 is 0 Å². The molecule has 2 N–H and O–H groups in total. The van der Waals surface area contributed by atoms with E-state index in [0.29, 0.717) is 12.8 Å². The Morgan fingerprint density at radius 3 is 2.50 bits per heavy atom. The lowest BCUT2D eigenvalue weighted by molar-refractivity contribution is -0.122. The van der Waals surface area contributed by atoms with Gasteiger partial charge in [-0.2, -0.15) is 0 Å². The summed E-state index contributed by atoms with van der Waals surface area (Å²) in [4.78, 5) is 11.6. The highest BCUT2D eigenvalue weighted by Crippen LogP contribution is 2.18. The Labute approximate surface area is 109 Å². The SMILES string of the molecule is CCC(C)NC(=O)CCC(O)c1ccc(C)cc1. The molecule has 0 saturated heterocycles. The predicted molar refractivity (Wildman–Crippen MR) is 73.3 cm³/mol. The van der Waals surface area contributed by atoms with Crippen molar-refractivity contribution in [2.45, 2.75) is 52.2 Å². The summed E-state index contributed by atoms with van der Waals surface area (Å²) in [5, 5.41) is 12.9. The van der Waals surface area contributed by atoms with Crippen LogP contribution in [0.5, 0.6) is 0 Å². The topological polar surface area (TPSA) is 49.3 Å². The van der Waals surface area contributed by atoms with Crippen LogP contribution in [0.1, 0.15) is 50.3 Å². The molecule has 1 aromatic carbocycles. The molecule has 0 aliphatic heterocycles. The molecule has 0 heterocycles. The van der Waals surface area contributed by atoms with Crippen LogP contribution in [0.15, 0.2) is 24.3 Å². The Hall–Kier alpha value is -1.35. The lowest BCUT2D eigenvalue weighted by atomic mass is 10.0. The van der Waals surface area contributed by atoms with Crippen LogP contribution < -0.4 is 5.32 Å². The third-order valence-electron chi connectivity index (χ3n) is 3.13. The van der Waals surface area contributed by atoms with Crippen molar-refractivity contribution in [3.8, 4) is 0 Å². The van der Waals surface area contributed by atoms with Crippen LogP contribution in [0.3, 0.4) is 0 Å². The molecule has 0 aliphatic rings. The van der Waals surface area contributed by atoms with Crippen LogP contribution in [0.25, 0.3) is 0 Å². The van der Waals surface area contributed by atoms with Crippen molar-refractivity contribution in [1.82, 2.24) is 5.32 Å². The molecule has 0 spiro atoms. The molecule has 1 amide bonds. The first-order valence-electron chi connectivity index (χ1n) is 6.57. The lowest BCUT2D eigenvalue weighted by Crippen LogP contribution is -2.31. The summed E-state index contributed by atoms with van der Waals surface area (Å²) >= 11 is 0. The average molecular weight is 249 g/mol. The highest BCUT2D eigenvalue weighted by atomic mass is 16.3. The van der Waals surface area contributed by atoms with Crippen LogP contribution in [-0.4, -0.2) is 17.1 Å². The number of carbonyl (C=O) groups is 1. The highest BCUT2D eigenvalue weighted by molar-refractivity contribution is 5.76. The van der Waals surface area contributed by atoms with Crippen LogP contribution in [0.4, 0.5) is 0 Å². The highest BCUT2D eigenvalue weighted by Gasteiger charge is 2.11. The predicted octanol–water partition coefficient (Wildman–Crippen LogP) is 2.72. The third-order valence-corrected chi connectivity index (χ3v) is 3.13. The number of amides is 1. The van der Waals surface area contributed by atoms with Crippen molar-refractivity contribution in [3.63, 3.8) is 0 Å². The van der Waals surface area contributed by atoms with Gasteiger partial charge in [-0.05, 0) is 32.3 Å². The van der Waals surface area contributed by atoms with Crippen molar-refractivity contribution in [1.29, 1.82) is 0 Å². The minimum absolute atomic E-state index is 0.00973. The fraction of sp³-hybridized carbons (Fsp3) is 0.533. The molecule has 0 aromatic heterocycles. The van der Waals surface area contributed by atoms with Gasteiger partial charge in [0.25, 0.3) is 0 Å². The first-order chi connectivity index (χ1) is 8.52. The second kappa shape index (κ2) is 7.17. The molecular formula is C15H23NO2. The zero-order valence-electron chi connectivity index (χ0n) is 11.4. The maximum atomic E-state index is 11.6. The van der Waals surface area contributed by atoms with Gasteiger partial charge in [-0.15, -0.1) is 0 Å². The standard InChI is InChI=1S/C15H23NO2/c1-4-12(3)16-15(18)10-9-14(17)13-7-5-11(2)6-8-13/h5-8,12,14,17H,4,9-10H2,1-3H3,(H,16,18). The maximum Gasteiger partial charge on any atom is 0.220 e. The molecule has 0 radical (unpaired) electrons. The number of carbonyl (C=O) groups excluding carboxylic acids is 1. The molecule has 0 fully saturated rings. The van der Waals surface area contributed by atoms with Crippen LogP contribution in [0.2, 0.25) is 0 Å². The second-order valence-corrected chi connectivity index (χ2v) is 4.84. The number of hydrogen-bond acceptors (Lipinski definition) is 2. The number of hydrogen-bond donors (Lipinski definition) is 2. The van der Waals surface area contributed by atoms with Crippen molar-refractivity contribution in [3.05, 3.63) is 35.4 Å². The molecule has 3 heteroatoms. The summed E-state index contributed by atoms with van der Waals surface area (Å²) < 4.78 is 0. The summed E-state index contributed by atoms with van der Waals surface area (Å²) in [5.74, 6) is 0.00973. The molecule has 1 aromatic rings. The van der Waals surface area contributed by atoms with Gasteiger partial charge in [0.15, 0.2) is 0 Å². The Morgan fingerprint density at radius 1 is 1.33 bits per heavy atom. The maximum absolute atomic E-state index is 11.6. The van der Waals surface area contributed by atoms with Gasteiger partial charge in [0.1, 0.15) is 0 Å². The van der Waals surface area contributed by atoms with E-state index >= 15 is 0 Å². The molecule has 18 heavy (non-hydrogen) atoms. The molecule has 1 rings (SSSR count). The molecule has 100 valence electrons. The zero-order chi connectivity index (χ0) is 13.5. The van der Waals surface area contributed by atoms with Gasteiger partial charge < -0.3 is 10.4 Å². The lowest BCUT2D eigenvalue weighted by Gasteiger charge is -2.14. The number of aliphatic hydroxyl groups excluding tert-OH is 1. The smallest absolute Gasteiger partial charge is 0.220 e. The normalized spacial score (nSPS) is 14.0. The van der Waals surface area contributed by atoms with E-state index < -0.39 is 6.10 Å². The summed E-state index contributed by atoms with van der Waals surface area (Å²) in [6, 6.07) is 7.96. The Balaban J connectivity index is 2.39. The quantitative estimate of drug-likeness (QED) is 0.814. The molecule has 2 atom stereocenters. The van der Waals surface area contributed by atoms with Crippen LogP contribution >= 0.6 is 0 Å². The van der Waals surface area contributed by atoms with Gasteiger partial charge in [0.2, 0.25) is 5.91 Å². The van der Waals surface area contributed by atoms with E-state index in [4.69, 9.17) is 0 Å². The van der Waals surface area contributed by atoms with Crippen LogP contribution in [-0.2, 0) is 4.79 Å². The van der Waals surface area contributed by atoms with E-state index in [1.807, 2.05) is 45.0 Å². The summed E-state index contributed by atoms with van der Waals surface area (Å²) in [5.41, 5.74) is 2.04. The number of aryl methyl sites for hydroxylation is 1. The van der Waals surface area contributed by atoms with E-state index in [-0.39, 0.29) is 11.9 Å². The van der Waals surface area contributed by atoms with Crippen molar-refractivity contribution in [2.24, 2.45) is 0 Å². The number of rotatable bonds is 6. The fourth-order valence-electron chi connectivity index (χ4n) is 1.67. The third kappa shape index (κ3) is 4.88. The minimum atomic E-state index is -0.562. The monoisotopic (exact) mass is 249 g/mol. The first kappa shape index (κ1) is 14.7. The molecule has 0 bridgehead atoms. The molecule has 0 aliphatic carbocycles. The minimum Gasteiger partial charge on any atom is -0.388 e. The molecule has 3 nitrogen and oxygen atoms in total. The first-order valence-corrected chi connectivity index (χ1v) is 6.57. The van der Waals surface area contributed by atoms with E-state index in [1.165, 1.54) is 5.56 Å².